The summed E-state index contributed by atoms with van der Waals surface area (Å²) in [6, 6.07) is 3.61. The third-order valence-electron chi connectivity index (χ3n) is 2.51. The molecule has 0 aromatic carbocycles. The standard InChI is InChI=1S/C12H18N2O3/c1-2-14-9-5-6-10(14)12(17)13-8-4-3-7-11(15)16/h5-6,9H,2-4,7-8H2,1H3,(H,13,17)(H,15,16). The number of carboxylic acid groups (broad SMARTS) is 1. The van der Waals surface area contributed by atoms with Gasteiger partial charge in [0.1, 0.15) is 5.69 Å². The molecule has 0 aliphatic heterocycles. The lowest BCUT2D eigenvalue weighted by Gasteiger charge is -2.07. The van der Waals surface area contributed by atoms with Crippen LogP contribution in [0.1, 0.15) is 36.7 Å². The van der Waals surface area contributed by atoms with E-state index < -0.39 is 5.97 Å². The van der Waals surface area contributed by atoms with Crippen molar-refractivity contribution in [3.05, 3.63) is 24.0 Å². The molecule has 0 saturated heterocycles. The Bertz CT molecular complexity index is 385. The van der Waals surface area contributed by atoms with Crippen molar-refractivity contribution in [2.45, 2.75) is 32.7 Å². The quantitative estimate of drug-likeness (QED) is 0.707. The van der Waals surface area contributed by atoms with Crippen LogP contribution >= 0.6 is 0 Å². The molecule has 1 aromatic rings. The van der Waals surface area contributed by atoms with Gasteiger partial charge in [-0.05, 0) is 31.9 Å². The number of aromatic nitrogens is 1. The third-order valence-corrected chi connectivity index (χ3v) is 2.51. The average molecular weight is 238 g/mol. The molecule has 0 saturated carbocycles. The topological polar surface area (TPSA) is 71.3 Å². The average Bonchev–Trinajstić information content (AvgIpc) is 2.75. The Balaban J connectivity index is 2.28. The first-order valence-corrected chi connectivity index (χ1v) is 5.80. The van der Waals surface area contributed by atoms with Crippen LogP contribution in [0.15, 0.2) is 18.3 Å². The van der Waals surface area contributed by atoms with Gasteiger partial charge in [-0.3, -0.25) is 9.59 Å². The van der Waals surface area contributed by atoms with Crippen LogP contribution in [0, 0.1) is 0 Å². The maximum atomic E-state index is 11.7. The molecular formula is C12H18N2O3. The summed E-state index contributed by atoms with van der Waals surface area (Å²) in [5, 5.41) is 11.2. The van der Waals surface area contributed by atoms with Crippen molar-refractivity contribution in [1.29, 1.82) is 0 Å². The fourth-order valence-corrected chi connectivity index (χ4v) is 1.59. The van der Waals surface area contributed by atoms with Crippen molar-refractivity contribution >= 4 is 11.9 Å². The van der Waals surface area contributed by atoms with Crippen molar-refractivity contribution in [2.75, 3.05) is 6.54 Å². The molecule has 5 nitrogen and oxygen atoms in total. The number of hydrogen-bond donors (Lipinski definition) is 2. The molecule has 0 aliphatic rings. The molecule has 0 atom stereocenters. The molecular weight excluding hydrogens is 220 g/mol. The third kappa shape index (κ3) is 4.30. The van der Waals surface area contributed by atoms with Gasteiger partial charge in [-0.1, -0.05) is 0 Å². The van der Waals surface area contributed by atoms with Gasteiger partial charge < -0.3 is 15.0 Å². The number of nitrogens with zero attached hydrogens (tertiary/aromatic N) is 1. The van der Waals surface area contributed by atoms with E-state index >= 15 is 0 Å². The number of rotatable bonds is 7. The van der Waals surface area contributed by atoms with Crippen molar-refractivity contribution in [3.8, 4) is 0 Å². The summed E-state index contributed by atoms with van der Waals surface area (Å²) < 4.78 is 1.87. The minimum absolute atomic E-state index is 0.104. The Kier molecular flexibility index (Phi) is 5.26. The highest BCUT2D eigenvalue weighted by Gasteiger charge is 2.08. The van der Waals surface area contributed by atoms with Gasteiger partial charge in [-0.15, -0.1) is 0 Å². The van der Waals surface area contributed by atoms with Gasteiger partial charge in [0.05, 0.1) is 0 Å². The second-order valence-electron chi connectivity index (χ2n) is 3.79. The molecule has 0 unspecified atom stereocenters. The molecule has 2 N–H and O–H groups in total. The number of aliphatic carboxylic acids is 1. The van der Waals surface area contributed by atoms with Crippen molar-refractivity contribution in [2.24, 2.45) is 0 Å². The molecule has 0 spiro atoms. The molecule has 0 aliphatic carbocycles. The van der Waals surface area contributed by atoms with Crippen molar-refractivity contribution < 1.29 is 14.7 Å². The summed E-state index contributed by atoms with van der Waals surface area (Å²) >= 11 is 0. The van der Waals surface area contributed by atoms with Crippen molar-refractivity contribution in [3.63, 3.8) is 0 Å². The molecule has 1 heterocycles. The summed E-state index contributed by atoms with van der Waals surface area (Å²) in [6.45, 7) is 3.25. The molecule has 1 rings (SSSR count). The van der Waals surface area contributed by atoms with Crippen LogP contribution < -0.4 is 5.32 Å². The fraction of sp³-hybridized carbons (Fsp3) is 0.500. The van der Waals surface area contributed by atoms with Crippen LogP contribution in [0.25, 0.3) is 0 Å². The molecule has 0 bridgehead atoms. The van der Waals surface area contributed by atoms with Gasteiger partial charge in [0, 0.05) is 25.7 Å². The monoisotopic (exact) mass is 238 g/mol. The Morgan fingerprint density at radius 1 is 1.41 bits per heavy atom. The van der Waals surface area contributed by atoms with Crippen LogP contribution in [-0.2, 0) is 11.3 Å². The van der Waals surface area contributed by atoms with Gasteiger partial charge >= 0.3 is 5.97 Å². The number of carbonyl (C=O) groups excluding carboxylic acids is 1. The van der Waals surface area contributed by atoms with E-state index in [2.05, 4.69) is 5.32 Å². The first kappa shape index (κ1) is 13.3. The zero-order valence-corrected chi connectivity index (χ0v) is 9.98. The van der Waals surface area contributed by atoms with E-state index in [9.17, 15) is 9.59 Å². The maximum absolute atomic E-state index is 11.7. The minimum Gasteiger partial charge on any atom is -0.481 e. The minimum atomic E-state index is -0.795. The van der Waals surface area contributed by atoms with Gasteiger partial charge in [0.2, 0.25) is 0 Å². The number of amides is 1. The van der Waals surface area contributed by atoms with Crippen LogP contribution in [0.4, 0.5) is 0 Å². The number of hydrogen-bond acceptors (Lipinski definition) is 2. The lowest BCUT2D eigenvalue weighted by atomic mass is 10.2. The predicted octanol–water partition coefficient (Wildman–Crippen LogP) is 1.49. The molecule has 5 heteroatoms. The van der Waals surface area contributed by atoms with Crippen LogP contribution in [0.3, 0.4) is 0 Å². The smallest absolute Gasteiger partial charge is 0.303 e. The second kappa shape index (κ2) is 6.73. The van der Waals surface area contributed by atoms with E-state index in [1.807, 2.05) is 23.8 Å². The Labute approximate surface area is 100 Å². The highest BCUT2D eigenvalue weighted by atomic mass is 16.4. The molecule has 1 aromatic heterocycles. The zero-order valence-electron chi connectivity index (χ0n) is 9.98. The van der Waals surface area contributed by atoms with E-state index in [1.165, 1.54) is 0 Å². The van der Waals surface area contributed by atoms with E-state index in [1.54, 1.807) is 6.07 Å². The molecule has 94 valence electrons. The Morgan fingerprint density at radius 2 is 2.18 bits per heavy atom. The van der Waals surface area contributed by atoms with Gasteiger partial charge in [0.25, 0.3) is 5.91 Å². The summed E-state index contributed by atoms with van der Waals surface area (Å²) in [6.07, 6.45) is 3.29. The second-order valence-corrected chi connectivity index (χ2v) is 3.79. The Hall–Kier alpha value is -1.78. The van der Waals surface area contributed by atoms with Crippen LogP contribution in [-0.4, -0.2) is 28.1 Å². The van der Waals surface area contributed by atoms with Crippen LogP contribution in [0.5, 0.6) is 0 Å². The molecule has 0 radical (unpaired) electrons. The number of carboxylic acids is 1. The largest absolute Gasteiger partial charge is 0.481 e. The SMILES string of the molecule is CCn1cccc1C(=O)NCCCCC(=O)O. The fourth-order valence-electron chi connectivity index (χ4n) is 1.59. The molecule has 17 heavy (non-hydrogen) atoms. The summed E-state index contributed by atoms with van der Waals surface area (Å²) in [4.78, 5) is 22.0. The number of unbranched alkanes of at least 4 members (excludes halogenated alkanes) is 1. The van der Waals surface area contributed by atoms with E-state index in [4.69, 9.17) is 5.11 Å². The maximum Gasteiger partial charge on any atom is 0.303 e. The van der Waals surface area contributed by atoms with E-state index in [0.717, 1.165) is 6.54 Å². The van der Waals surface area contributed by atoms with Gasteiger partial charge in [0.15, 0.2) is 0 Å². The first-order chi connectivity index (χ1) is 8.15. The lowest BCUT2D eigenvalue weighted by Crippen LogP contribution is -2.26. The van der Waals surface area contributed by atoms with Crippen molar-refractivity contribution in [1.82, 2.24) is 9.88 Å². The summed E-state index contributed by atoms with van der Waals surface area (Å²) in [7, 11) is 0. The highest BCUT2D eigenvalue weighted by molar-refractivity contribution is 5.92. The number of nitrogens with one attached hydrogen (secondary N) is 1. The highest BCUT2D eigenvalue weighted by Crippen LogP contribution is 2.02. The normalized spacial score (nSPS) is 10.2. The van der Waals surface area contributed by atoms with Crippen LogP contribution in [0.2, 0.25) is 0 Å². The Morgan fingerprint density at radius 3 is 2.82 bits per heavy atom. The van der Waals surface area contributed by atoms with E-state index in [-0.39, 0.29) is 12.3 Å². The lowest BCUT2D eigenvalue weighted by molar-refractivity contribution is -0.137. The van der Waals surface area contributed by atoms with Gasteiger partial charge in [-0.25, -0.2) is 0 Å². The first-order valence-electron chi connectivity index (χ1n) is 5.80. The number of carbonyl (C=O) groups is 2. The van der Waals surface area contributed by atoms with Gasteiger partial charge in [-0.2, -0.15) is 0 Å². The predicted molar refractivity (Wildman–Crippen MR) is 63.9 cm³/mol. The molecule has 0 fully saturated rings. The zero-order chi connectivity index (χ0) is 12.7. The van der Waals surface area contributed by atoms with E-state index in [0.29, 0.717) is 25.1 Å². The summed E-state index contributed by atoms with van der Waals surface area (Å²) in [5.74, 6) is -0.900. The summed E-state index contributed by atoms with van der Waals surface area (Å²) in [5.41, 5.74) is 0.644. The molecule has 1 amide bonds. The number of aryl methyl sites for hydroxylation is 1.